The second-order valence-corrected chi connectivity index (χ2v) is 8.39. The van der Waals surface area contributed by atoms with Crippen LogP contribution in [0.15, 0.2) is 24.3 Å². The normalized spacial score (nSPS) is 24.1. The van der Waals surface area contributed by atoms with E-state index < -0.39 is 5.60 Å². The van der Waals surface area contributed by atoms with Crippen LogP contribution in [0, 0.1) is 0 Å². The molecule has 0 saturated carbocycles. The Labute approximate surface area is 168 Å². The quantitative estimate of drug-likeness (QED) is 0.661. The molecule has 2 aliphatic rings. The average molecular weight is 390 g/mol. The zero-order chi connectivity index (χ0) is 20.0. The Morgan fingerprint density at radius 1 is 1.18 bits per heavy atom. The van der Waals surface area contributed by atoms with Crippen LogP contribution in [-0.4, -0.2) is 78.9 Å². The Kier molecular flexibility index (Phi) is 7.46. The Balaban J connectivity index is 1.49. The van der Waals surface area contributed by atoms with E-state index in [-0.39, 0.29) is 5.91 Å². The fraction of sp³-hybridized carbons (Fsp3) is 0.682. The van der Waals surface area contributed by atoms with E-state index in [1.807, 2.05) is 0 Å². The molecule has 0 aliphatic carbocycles. The fourth-order valence-corrected chi connectivity index (χ4v) is 3.97. The molecule has 0 aromatic heterocycles. The molecule has 0 bridgehead atoms. The van der Waals surface area contributed by atoms with Crippen molar-refractivity contribution in [1.82, 2.24) is 15.1 Å². The van der Waals surface area contributed by atoms with Crippen LogP contribution in [-0.2, 0) is 16.1 Å². The lowest BCUT2D eigenvalue weighted by Gasteiger charge is -2.38. The maximum atomic E-state index is 12.9. The zero-order valence-corrected chi connectivity index (χ0v) is 17.3. The van der Waals surface area contributed by atoms with Crippen LogP contribution < -0.4 is 5.32 Å². The van der Waals surface area contributed by atoms with Gasteiger partial charge in [-0.2, -0.15) is 0 Å². The van der Waals surface area contributed by atoms with Gasteiger partial charge in [-0.1, -0.05) is 38.1 Å². The number of carbonyl (C=O) groups is 1. The molecule has 1 amide bonds. The summed E-state index contributed by atoms with van der Waals surface area (Å²) in [6, 6.07) is 8.45. The van der Waals surface area contributed by atoms with E-state index >= 15 is 0 Å². The Hall–Kier alpha value is -1.47. The van der Waals surface area contributed by atoms with Gasteiger partial charge in [-0.3, -0.25) is 9.69 Å². The summed E-state index contributed by atoms with van der Waals surface area (Å²) in [5, 5.41) is 14.3. The molecule has 0 spiro atoms. The maximum Gasteiger partial charge on any atom is 0.256 e. The van der Waals surface area contributed by atoms with E-state index in [1.54, 1.807) is 4.90 Å². The number of rotatable bonds is 8. The number of piperidine rings is 1. The minimum atomic E-state index is -1.29. The molecule has 1 aromatic carbocycles. The van der Waals surface area contributed by atoms with Crippen LogP contribution in [0.4, 0.5) is 0 Å². The third kappa shape index (κ3) is 5.54. The number of nitrogens with one attached hydrogen (secondary N) is 1. The van der Waals surface area contributed by atoms with E-state index in [2.05, 4.69) is 48.3 Å². The highest BCUT2D eigenvalue weighted by Crippen LogP contribution is 2.24. The van der Waals surface area contributed by atoms with Gasteiger partial charge >= 0.3 is 0 Å². The molecular weight excluding hydrogens is 354 g/mol. The average Bonchev–Trinajstić information content (AvgIpc) is 2.70. The van der Waals surface area contributed by atoms with Crippen molar-refractivity contribution in [3.8, 4) is 0 Å². The molecule has 2 aliphatic heterocycles. The number of likely N-dealkylation sites (tertiary alicyclic amines) is 1. The first-order chi connectivity index (χ1) is 13.5. The van der Waals surface area contributed by atoms with E-state index in [0.717, 1.165) is 51.4 Å². The van der Waals surface area contributed by atoms with Gasteiger partial charge in [0.2, 0.25) is 0 Å². The first kappa shape index (κ1) is 21.2. The number of amides is 1. The minimum Gasteiger partial charge on any atom is -0.379 e. The van der Waals surface area contributed by atoms with E-state index in [9.17, 15) is 9.90 Å². The summed E-state index contributed by atoms with van der Waals surface area (Å²) in [5.74, 6) is 0.352. The van der Waals surface area contributed by atoms with Crippen LogP contribution in [0.3, 0.4) is 0 Å². The van der Waals surface area contributed by atoms with E-state index in [4.69, 9.17) is 4.74 Å². The van der Waals surface area contributed by atoms with Crippen LogP contribution in [0.1, 0.15) is 43.7 Å². The molecule has 2 fully saturated rings. The minimum absolute atomic E-state index is 0.148. The van der Waals surface area contributed by atoms with Crippen molar-refractivity contribution in [1.29, 1.82) is 0 Å². The molecule has 6 nitrogen and oxygen atoms in total. The number of ether oxygens (including phenoxy) is 1. The third-order valence-corrected chi connectivity index (χ3v) is 5.85. The van der Waals surface area contributed by atoms with Crippen molar-refractivity contribution in [2.45, 2.75) is 44.8 Å². The molecule has 1 atom stereocenters. The molecular formula is C22H35N3O3. The topological polar surface area (TPSA) is 65.0 Å². The number of aliphatic hydroxyl groups is 1. The predicted molar refractivity (Wildman–Crippen MR) is 110 cm³/mol. The first-order valence-electron chi connectivity index (χ1n) is 10.6. The second kappa shape index (κ2) is 9.83. The number of hydrogen-bond acceptors (Lipinski definition) is 5. The van der Waals surface area contributed by atoms with Gasteiger partial charge < -0.3 is 20.1 Å². The molecule has 0 radical (unpaired) electrons. The largest absolute Gasteiger partial charge is 0.379 e. The van der Waals surface area contributed by atoms with Crippen molar-refractivity contribution in [3.63, 3.8) is 0 Å². The van der Waals surface area contributed by atoms with E-state index in [0.29, 0.717) is 32.0 Å². The summed E-state index contributed by atoms with van der Waals surface area (Å²) in [7, 11) is 0. The highest BCUT2D eigenvalue weighted by atomic mass is 16.5. The molecule has 1 aromatic rings. The Morgan fingerprint density at radius 3 is 2.57 bits per heavy atom. The predicted octanol–water partition coefficient (Wildman–Crippen LogP) is 1.59. The Morgan fingerprint density at radius 2 is 1.89 bits per heavy atom. The lowest BCUT2D eigenvalue weighted by Crippen LogP contribution is -2.58. The molecule has 0 unspecified atom stereocenters. The molecule has 2 saturated heterocycles. The molecule has 156 valence electrons. The highest BCUT2D eigenvalue weighted by molar-refractivity contribution is 5.86. The lowest BCUT2D eigenvalue weighted by molar-refractivity contribution is -0.157. The standard InChI is InChI=1S/C22H35N3O3/c1-18(2)20-6-4-19(5-7-20)16-25-10-3-8-22(27,21(25)26)17-23-9-11-24-12-14-28-15-13-24/h4-7,18,23,27H,3,8-17H2,1-2H3/t22-/m1/s1. The van der Waals surface area contributed by atoms with Crippen molar-refractivity contribution in [3.05, 3.63) is 35.4 Å². The van der Waals surface area contributed by atoms with Crippen molar-refractivity contribution in [2.24, 2.45) is 0 Å². The van der Waals surface area contributed by atoms with Gasteiger partial charge in [-0.05, 0) is 29.9 Å². The Bertz CT molecular complexity index is 628. The summed E-state index contributed by atoms with van der Waals surface area (Å²) >= 11 is 0. The summed E-state index contributed by atoms with van der Waals surface area (Å²) in [6.07, 6.45) is 1.36. The number of morpholine rings is 1. The SMILES string of the molecule is CC(C)c1ccc(CN2CCC[C@@](O)(CNCCN3CCOCC3)C2=O)cc1. The maximum absolute atomic E-state index is 12.9. The van der Waals surface area contributed by atoms with Gasteiger partial charge in [0.1, 0.15) is 0 Å². The van der Waals surface area contributed by atoms with Gasteiger partial charge in [0.05, 0.1) is 13.2 Å². The summed E-state index contributed by atoms with van der Waals surface area (Å²) < 4.78 is 5.36. The van der Waals surface area contributed by atoms with Gasteiger partial charge in [-0.15, -0.1) is 0 Å². The van der Waals surface area contributed by atoms with Crippen molar-refractivity contribution < 1.29 is 14.6 Å². The highest BCUT2D eigenvalue weighted by Gasteiger charge is 2.41. The second-order valence-electron chi connectivity index (χ2n) is 8.39. The van der Waals surface area contributed by atoms with Gasteiger partial charge in [0.25, 0.3) is 5.91 Å². The van der Waals surface area contributed by atoms with Crippen molar-refractivity contribution >= 4 is 5.91 Å². The van der Waals surface area contributed by atoms with Crippen molar-refractivity contribution in [2.75, 3.05) is 52.5 Å². The molecule has 2 heterocycles. The number of nitrogens with zero attached hydrogens (tertiary/aromatic N) is 2. The fourth-order valence-electron chi connectivity index (χ4n) is 3.97. The van der Waals surface area contributed by atoms with Crippen LogP contribution >= 0.6 is 0 Å². The van der Waals surface area contributed by atoms with Crippen LogP contribution in [0.2, 0.25) is 0 Å². The number of carbonyl (C=O) groups excluding carboxylic acids is 1. The molecule has 2 N–H and O–H groups in total. The lowest BCUT2D eigenvalue weighted by atomic mass is 9.91. The van der Waals surface area contributed by atoms with E-state index in [1.165, 1.54) is 5.56 Å². The first-order valence-corrected chi connectivity index (χ1v) is 10.6. The zero-order valence-electron chi connectivity index (χ0n) is 17.3. The van der Waals surface area contributed by atoms with Gasteiger partial charge in [-0.25, -0.2) is 0 Å². The number of hydrogen-bond donors (Lipinski definition) is 2. The molecule has 3 rings (SSSR count). The molecule has 6 heteroatoms. The van der Waals surface area contributed by atoms with Crippen LogP contribution in [0.5, 0.6) is 0 Å². The monoisotopic (exact) mass is 389 g/mol. The van der Waals surface area contributed by atoms with Gasteiger partial charge in [0.15, 0.2) is 5.60 Å². The molecule has 28 heavy (non-hydrogen) atoms. The smallest absolute Gasteiger partial charge is 0.256 e. The summed E-state index contributed by atoms with van der Waals surface area (Å²) in [6.45, 7) is 11.1. The number of benzene rings is 1. The van der Waals surface area contributed by atoms with Crippen LogP contribution in [0.25, 0.3) is 0 Å². The summed E-state index contributed by atoms with van der Waals surface area (Å²) in [4.78, 5) is 17.1. The third-order valence-electron chi connectivity index (χ3n) is 5.85. The van der Waals surface area contributed by atoms with Gasteiger partial charge in [0, 0.05) is 45.8 Å². The summed E-state index contributed by atoms with van der Waals surface area (Å²) in [5.41, 5.74) is 1.12.